The minimum absolute atomic E-state index is 0.233. The molecule has 2 aromatic rings. The molecule has 7 nitrogen and oxygen atoms in total. The fourth-order valence-electron chi connectivity index (χ4n) is 2.48. The minimum Gasteiger partial charge on any atom is -0.480 e. The maximum atomic E-state index is 12.6. The summed E-state index contributed by atoms with van der Waals surface area (Å²) in [6.07, 6.45) is 3.70. The first-order valence-electron chi connectivity index (χ1n) is 7.31. The molecule has 2 N–H and O–H groups in total. The molecule has 2 rings (SSSR count). The predicted octanol–water partition coefficient (Wildman–Crippen LogP) is 1.73. The molecule has 0 aliphatic carbocycles. The van der Waals surface area contributed by atoms with E-state index in [-0.39, 0.29) is 6.42 Å². The molecule has 0 fully saturated rings. The van der Waals surface area contributed by atoms with Crippen molar-refractivity contribution in [1.82, 2.24) is 20.1 Å². The number of carbonyl (C=O) groups is 2. The fourth-order valence-corrected chi connectivity index (χ4v) is 2.48. The number of aryl methyl sites for hydroxylation is 3. The first kappa shape index (κ1) is 16.7. The molecule has 0 aliphatic heterocycles. The average molecular weight is 316 g/mol. The smallest absolute Gasteiger partial charge is 0.326 e. The monoisotopic (exact) mass is 316 g/mol. The molecule has 1 amide bonds. The van der Waals surface area contributed by atoms with Crippen LogP contribution in [0.3, 0.4) is 0 Å². The number of nitrogens with one attached hydrogen (secondary N) is 1. The van der Waals surface area contributed by atoms with Crippen LogP contribution in [-0.4, -0.2) is 37.8 Å². The van der Waals surface area contributed by atoms with Gasteiger partial charge in [0.2, 0.25) is 0 Å². The molecular weight excluding hydrogens is 296 g/mol. The van der Waals surface area contributed by atoms with Gasteiger partial charge in [-0.15, -0.1) is 0 Å². The van der Waals surface area contributed by atoms with Crippen LogP contribution in [0.5, 0.6) is 0 Å². The van der Waals surface area contributed by atoms with Gasteiger partial charge in [0.25, 0.3) is 5.91 Å². The number of aromatic nitrogens is 3. The molecule has 1 unspecified atom stereocenters. The maximum Gasteiger partial charge on any atom is 0.326 e. The molecule has 1 atom stereocenters. The SMILES string of the molecule is C/C=C/CC(NC(=O)c1cc(C)nc2c1c(C)nn2C)C(=O)O. The highest BCUT2D eigenvalue weighted by Gasteiger charge is 2.23. The highest BCUT2D eigenvalue weighted by Crippen LogP contribution is 2.21. The van der Waals surface area contributed by atoms with E-state index < -0.39 is 17.9 Å². The van der Waals surface area contributed by atoms with Gasteiger partial charge < -0.3 is 10.4 Å². The Labute approximate surface area is 134 Å². The van der Waals surface area contributed by atoms with Crippen LogP contribution < -0.4 is 5.32 Å². The molecule has 0 aliphatic rings. The molecule has 0 bridgehead atoms. The van der Waals surface area contributed by atoms with Crippen molar-refractivity contribution in [3.63, 3.8) is 0 Å². The van der Waals surface area contributed by atoms with Crippen LogP contribution in [0.25, 0.3) is 11.0 Å². The van der Waals surface area contributed by atoms with Gasteiger partial charge in [0.05, 0.1) is 16.6 Å². The van der Waals surface area contributed by atoms with Gasteiger partial charge in [-0.2, -0.15) is 5.10 Å². The maximum absolute atomic E-state index is 12.6. The van der Waals surface area contributed by atoms with Crippen molar-refractivity contribution >= 4 is 22.9 Å². The van der Waals surface area contributed by atoms with Crippen LogP contribution in [-0.2, 0) is 11.8 Å². The quantitative estimate of drug-likeness (QED) is 0.819. The second kappa shape index (κ2) is 6.60. The molecule has 122 valence electrons. The lowest BCUT2D eigenvalue weighted by molar-refractivity contribution is -0.139. The molecular formula is C16H20N4O3. The third-order valence-corrected chi connectivity index (χ3v) is 3.55. The number of carboxylic acid groups (broad SMARTS) is 1. The Hall–Kier alpha value is -2.70. The number of rotatable bonds is 5. The molecule has 2 heterocycles. The number of hydrogen-bond acceptors (Lipinski definition) is 4. The Kier molecular flexibility index (Phi) is 4.78. The number of hydrogen-bond donors (Lipinski definition) is 2. The fraction of sp³-hybridized carbons (Fsp3) is 0.375. The van der Waals surface area contributed by atoms with Crippen molar-refractivity contribution in [1.29, 1.82) is 0 Å². The summed E-state index contributed by atoms with van der Waals surface area (Å²) >= 11 is 0. The summed E-state index contributed by atoms with van der Waals surface area (Å²) in [5, 5.41) is 16.7. The zero-order valence-corrected chi connectivity index (χ0v) is 13.6. The van der Waals surface area contributed by atoms with Crippen molar-refractivity contribution < 1.29 is 14.7 Å². The standard InChI is InChI=1S/C16H20N4O3/c1-5-6-7-12(16(22)23)18-15(21)11-8-9(2)17-14-13(11)10(3)19-20(14)4/h5-6,8,12H,7H2,1-4H3,(H,18,21)(H,22,23)/b6-5+. The number of amides is 1. The molecule has 0 spiro atoms. The van der Waals surface area contributed by atoms with E-state index in [0.717, 1.165) is 0 Å². The van der Waals surface area contributed by atoms with E-state index in [2.05, 4.69) is 15.4 Å². The van der Waals surface area contributed by atoms with Gasteiger partial charge in [0.1, 0.15) is 6.04 Å². The van der Waals surface area contributed by atoms with E-state index in [1.54, 1.807) is 50.7 Å². The van der Waals surface area contributed by atoms with E-state index >= 15 is 0 Å². The van der Waals surface area contributed by atoms with Gasteiger partial charge in [0, 0.05) is 12.7 Å². The highest BCUT2D eigenvalue weighted by molar-refractivity contribution is 6.07. The Morgan fingerprint density at radius 2 is 2.13 bits per heavy atom. The van der Waals surface area contributed by atoms with Gasteiger partial charge in [-0.05, 0) is 33.3 Å². The number of nitrogens with zero attached hydrogens (tertiary/aromatic N) is 3. The van der Waals surface area contributed by atoms with E-state index in [4.69, 9.17) is 0 Å². The highest BCUT2D eigenvalue weighted by atomic mass is 16.4. The van der Waals surface area contributed by atoms with E-state index in [9.17, 15) is 14.7 Å². The predicted molar refractivity (Wildman–Crippen MR) is 86.3 cm³/mol. The van der Waals surface area contributed by atoms with Crippen LogP contribution in [0.2, 0.25) is 0 Å². The zero-order chi connectivity index (χ0) is 17.1. The van der Waals surface area contributed by atoms with Gasteiger partial charge in [-0.1, -0.05) is 12.2 Å². The topological polar surface area (TPSA) is 97.1 Å². The third-order valence-electron chi connectivity index (χ3n) is 3.55. The molecule has 0 aromatic carbocycles. The van der Waals surface area contributed by atoms with Crippen LogP contribution >= 0.6 is 0 Å². The minimum atomic E-state index is -1.07. The van der Waals surface area contributed by atoms with E-state index in [1.165, 1.54) is 0 Å². The summed E-state index contributed by atoms with van der Waals surface area (Å²) in [6.45, 7) is 5.38. The van der Waals surface area contributed by atoms with Gasteiger partial charge >= 0.3 is 5.97 Å². The van der Waals surface area contributed by atoms with Crippen LogP contribution in [0.4, 0.5) is 0 Å². The average Bonchev–Trinajstić information content (AvgIpc) is 2.76. The first-order chi connectivity index (χ1) is 10.8. The summed E-state index contributed by atoms with van der Waals surface area (Å²) in [4.78, 5) is 28.3. The number of fused-ring (bicyclic) bond motifs is 1. The summed E-state index contributed by atoms with van der Waals surface area (Å²) in [5.41, 5.74) is 2.35. The lowest BCUT2D eigenvalue weighted by atomic mass is 10.1. The summed E-state index contributed by atoms with van der Waals surface area (Å²) in [6, 6.07) is 0.681. The number of carbonyl (C=O) groups excluding carboxylic acids is 1. The molecule has 23 heavy (non-hydrogen) atoms. The van der Waals surface area contributed by atoms with Gasteiger partial charge in [0.15, 0.2) is 5.65 Å². The molecule has 7 heteroatoms. The molecule has 2 aromatic heterocycles. The van der Waals surface area contributed by atoms with Crippen molar-refractivity contribution in [3.8, 4) is 0 Å². The molecule has 0 saturated heterocycles. The number of carboxylic acids is 1. The van der Waals surface area contributed by atoms with E-state index in [0.29, 0.717) is 28.0 Å². The van der Waals surface area contributed by atoms with Crippen molar-refractivity contribution in [2.24, 2.45) is 7.05 Å². The first-order valence-corrected chi connectivity index (χ1v) is 7.31. The lowest BCUT2D eigenvalue weighted by Crippen LogP contribution is -2.40. The molecule has 0 radical (unpaired) electrons. The molecule has 0 saturated carbocycles. The number of allylic oxidation sites excluding steroid dienone is 1. The van der Waals surface area contributed by atoms with E-state index in [1.807, 2.05) is 0 Å². The van der Waals surface area contributed by atoms with Crippen LogP contribution in [0.1, 0.15) is 35.1 Å². The Bertz CT molecular complexity index is 792. The summed E-state index contributed by atoms with van der Waals surface area (Å²) in [7, 11) is 1.76. The summed E-state index contributed by atoms with van der Waals surface area (Å²) in [5.74, 6) is -1.50. The second-order valence-electron chi connectivity index (χ2n) is 5.39. The largest absolute Gasteiger partial charge is 0.480 e. The zero-order valence-electron chi connectivity index (χ0n) is 13.6. The van der Waals surface area contributed by atoms with Crippen LogP contribution in [0.15, 0.2) is 18.2 Å². The second-order valence-corrected chi connectivity index (χ2v) is 5.39. The van der Waals surface area contributed by atoms with Gasteiger partial charge in [-0.25, -0.2) is 9.78 Å². The Morgan fingerprint density at radius 1 is 1.43 bits per heavy atom. The normalized spacial score (nSPS) is 12.7. The Morgan fingerprint density at radius 3 is 2.74 bits per heavy atom. The Balaban J connectivity index is 2.42. The van der Waals surface area contributed by atoms with Crippen molar-refractivity contribution in [2.75, 3.05) is 0 Å². The lowest BCUT2D eigenvalue weighted by Gasteiger charge is -2.13. The number of pyridine rings is 1. The number of aliphatic carboxylic acids is 1. The third kappa shape index (κ3) is 3.39. The van der Waals surface area contributed by atoms with Crippen LogP contribution in [0, 0.1) is 13.8 Å². The summed E-state index contributed by atoms with van der Waals surface area (Å²) < 4.78 is 1.61. The van der Waals surface area contributed by atoms with Crippen molar-refractivity contribution in [3.05, 3.63) is 35.2 Å². The van der Waals surface area contributed by atoms with Crippen molar-refractivity contribution in [2.45, 2.75) is 33.2 Å². The van der Waals surface area contributed by atoms with Gasteiger partial charge in [-0.3, -0.25) is 9.48 Å².